The van der Waals surface area contributed by atoms with Gasteiger partial charge in [0.1, 0.15) is 11.3 Å². The van der Waals surface area contributed by atoms with Crippen LogP contribution in [0.4, 0.5) is 0 Å². The van der Waals surface area contributed by atoms with E-state index >= 15 is 0 Å². The number of nitrogens with zero attached hydrogens (tertiary/aromatic N) is 3. The SMILES string of the molecule is CC(=O)NC(C)c1nc2cnc3ccsc3c2n1C1CCCOC1. The summed E-state index contributed by atoms with van der Waals surface area (Å²) in [6, 6.07) is 2.11. The molecule has 0 saturated carbocycles. The average Bonchev–Trinajstić information content (AvgIpc) is 3.18. The molecular formula is C17H20N4O2S. The molecule has 1 N–H and O–H groups in total. The van der Waals surface area contributed by atoms with E-state index in [9.17, 15) is 4.79 Å². The molecule has 1 fully saturated rings. The van der Waals surface area contributed by atoms with Gasteiger partial charge in [-0.05, 0) is 31.2 Å². The van der Waals surface area contributed by atoms with Gasteiger partial charge in [-0.15, -0.1) is 11.3 Å². The quantitative estimate of drug-likeness (QED) is 0.792. The maximum Gasteiger partial charge on any atom is 0.217 e. The lowest BCUT2D eigenvalue weighted by Gasteiger charge is -2.27. The molecule has 4 heterocycles. The summed E-state index contributed by atoms with van der Waals surface area (Å²) in [6.45, 7) is 5.00. The van der Waals surface area contributed by atoms with Crippen molar-refractivity contribution in [1.29, 1.82) is 0 Å². The van der Waals surface area contributed by atoms with Crippen LogP contribution in [0, 0.1) is 0 Å². The topological polar surface area (TPSA) is 69.0 Å². The summed E-state index contributed by atoms with van der Waals surface area (Å²) in [5.74, 6) is 0.818. The first-order chi connectivity index (χ1) is 11.6. The molecule has 1 aliphatic rings. The van der Waals surface area contributed by atoms with Crippen molar-refractivity contribution in [3.05, 3.63) is 23.5 Å². The summed E-state index contributed by atoms with van der Waals surface area (Å²) in [5, 5.41) is 5.02. The molecule has 24 heavy (non-hydrogen) atoms. The molecule has 6 nitrogen and oxygen atoms in total. The Hall–Kier alpha value is -1.99. The first kappa shape index (κ1) is 15.5. The first-order valence-corrected chi connectivity index (χ1v) is 9.12. The molecule has 2 atom stereocenters. The molecule has 1 amide bonds. The lowest BCUT2D eigenvalue weighted by molar-refractivity contribution is -0.119. The van der Waals surface area contributed by atoms with Gasteiger partial charge >= 0.3 is 0 Å². The van der Waals surface area contributed by atoms with Crippen molar-refractivity contribution in [1.82, 2.24) is 19.9 Å². The number of pyridine rings is 1. The van der Waals surface area contributed by atoms with E-state index in [1.54, 1.807) is 11.3 Å². The third-order valence-corrected chi connectivity index (χ3v) is 5.37. The van der Waals surface area contributed by atoms with E-state index in [1.165, 1.54) is 6.92 Å². The predicted molar refractivity (Wildman–Crippen MR) is 94.2 cm³/mol. The van der Waals surface area contributed by atoms with Gasteiger partial charge in [-0.3, -0.25) is 9.78 Å². The van der Waals surface area contributed by atoms with Gasteiger partial charge < -0.3 is 14.6 Å². The number of ether oxygens (including phenoxy) is 1. The number of aromatic nitrogens is 3. The maximum absolute atomic E-state index is 11.5. The minimum atomic E-state index is -0.160. The summed E-state index contributed by atoms with van der Waals surface area (Å²) in [7, 11) is 0. The standard InChI is InChI=1S/C17H20N4O2S/c1-10(19-11(2)22)17-20-14-8-18-13-5-7-24-16(13)15(14)21(17)12-4-3-6-23-9-12/h5,7-8,10,12H,3-4,6,9H2,1-2H3,(H,19,22). The Balaban J connectivity index is 1.94. The number of rotatable bonds is 3. The van der Waals surface area contributed by atoms with Gasteiger partial charge in [0.05, 0.1) is 40.6 Å². The van der Waals surface area contributed by atoms with Crippen molar-refractivity contribution in [2.24, 2.45) is 0 Å². The first-order valence-electron chi connectivity index (χ1n) is 8.24. The van der Waals surface area contributed by atoms with Crippen LogP contribution in [0.5, 0.6) is 0 Å². The molecule has 0 bridgehead atoms. The van der Waals surface area contributed by atoms with Crippen LogP contribution in [-0.2, 0) is 9.53 Å². The maximum atomic E-state index is 11.5. The molecule has 3 aromatic heterocycles. The van der Waals surface area contributed by atoms with Crippen LogP contribution in [0.2, 0.25) is 0 Å². The van der Waals surface area contributed by atoms with Gasteiger partial charge in [0, 0.05) is 13.5 Å². The zero-order valence-corrected chi connectivity index (χ0v) is 14.6. The third-order valence-electron chi connectivity index (χ3n) is 4.46. The molecule has 1 saturated heterocycles. The monoisotopic (exact) mass is 344 g/mol. The molecule has 0 spiro atoms. The molecular weight excluding hydrogens is 324 g/mol. The third kappa shape index (κ3) is 2.57. The van der Waals surface area contributed by atoms with Crippen molar-refractivity contribution in [2.75, 3.05) is 13.2 Å². The minimum absolute atomic E-state index is 0.0552. The number of fused-ring (bicyclic) bond motifs is 3. The summed E-state index contributed by atoms with van der Waals surface area (Å²) < 4.78 is 9.13. The second kappa shape index (κ2) is 6.14. The van der Waals surface area contributed by atoms with Crippen molar-refractivity contribution in [2.45, 2.75) is 38.8 Å². The summed E-state index contributed by atoms with van der Waals surface area (Å²) in [4.78, 5) is 20.8. The van der Waals surface area contributed by atoms with Crippen molar-refractivity contribution in [3.8, 4) is 0 Å². The predicted octanol–water partition coefficient (Wildman–Crippen LogP) is 3.19. The smallest absolute Gasteiger partial charge is 0.217 e. The highest BCUT2D eigenvalue weighted by Crippen LogP contribution is 2.35. The molecule has 126 valence electrons. The lowest BCUT2D eigenvalue weighted by atomic mass is 10.1. The fourth-order valence-electron chi connectivity index (χ4n) is 3.47. The number of hydrogen-bond acceptors (Lipinski definition) is 5. The van der Waals surface area contributed by atoms with Gasteiger partial charge in [0.25, 0.3) is 0 Å². The second-order valence-corrected chi connectivity index (χ2v) is 7.18. The summed E-state index contributed by atoms with van der Waals surface area (Å²) in [5.41, 5.74) is 2.98. The number of thiophene rings is 1. The Morgan fingerprint density at radius 1 is 1.50 bits per heavy atom. The fourth-order valence-corrected chi connectivity index (χ4v) is 4.36. The Morgan fingerprint density at radius 2 is 2.38 bits per heavy atom. The number of imidazole rings is 1. The number of nitrogens with one attached hydrogen (secondary N) is 1. The number of carbonyl (C=O) groups excluding carboxylic acids is 1. The molecule has 7 heteroatoms. The van der Waals surface area contributed by atoms with Crippen LogP contribution in [0.1, 0.15) is 44.6 Å². The molecule has 0 radical (unpaired) electrons. The average molecular weight is 344 g/mol. The van der Waals surface area contributed by atoms with Crippen LogP contribution in [0.15, 0.2) is 17.6 Å². The van der Waals surface area contributed by atoms with Gasteiger partial charge in [-0.2, -0.15) is 0 Å². The van der Waals surface area contributed by atoms with Crippen molar-refractivity contribution < 1.29 is 9.53 Å². The second-order valence-electron chi connectivity index (χ2n) is 6.26. The fraction of sp³-hybridized carbons (Fsp3) is 0.471. The largest absolute Gasteiger partial charge is 0.379 e. The lowest BCUT2D eigenvalue weighted by Crippen LogP contribution is -2.29. The Labute approximate surface area is 143 Å². The Morgan fingerprint density at radius 3 is 3.12 bits per heavy atom. The van der Waals surface area contributed by atoms with E-state index in [0.717, 1.165) is 46.5 Å². The van der Waals surface area contributed by atoms with Crippen molar-refractivity contribution in [3.63, 3.8) is 0 Å². The molecule has 4 rings (SSSR count). The van der Waals surface area contributed by atoms with Crippen LogP contribution in [0.3, 0.4) is 0 Å². The molecule has 3 aromatic rings. The van der Waals surface area contributed by atoms with Gasteiger partial charge in [-0.25, -0.2) is 4.98 Å². The number of amides is 1. The highest BCUT2D eigenvalue weighted by Gasteiger charge is 2.26. The molecule has 0 aliphatic carbocycles. The Bertz CT molecular complexity index is 895. The van der Waals surface area contributed by atoms with E-state index in [-0.39, 0.29) is 18.0 Å². The van der Waals surface area contributed by atoms with Crippen LogP contribution in [-0.4, -0.2) is 33.7 Å². The highest BCUT2D eigenvalue weighted by atomic mass is 32.1. The minimum Gasteiger partial charge on any atom is -0.379 e. The van der Waals surface area contributed by atoms with E-state index in [4.69, 9.17) is 9.72 Å². The highest BCUT2D eigenvalue weighted by molar-refractivity contribution is 7.18. The van der Waals surface area contributed by atoms with Crippen LogP contribution >= 0.6 is 11.3 Å². The van der Waals surface area contributed by atoms with Crippen molar-refractivity contribution >= 4 is 38.5 Å². The summed E-state index contributed by atoms with van der Waals surface area (Å²) >= 11 is 1.68. The van der Waals surface area contributed by atoms with E-state index in [1.807, 2.05) is 19.2 Å². The van der Waals surface area contributed by atoms with Gasteiger partial charge in [0.15, 0.2) is 0 Å². The Kier molecular flexibility index (Phi) is 3.97. The van der Waals surface area contributed by atoms with E-state index in [0.29, 0.717) is 6.61 Å². The molecule has 0 aromatic carbocycles. The zero-order chi connectivity index (χ0) is 16.7. The van der Waals surface area contributed by atoms with Gasteiger partial charge in [0.2, 0.25) is 5.91 Å². The zero-order valence-electron chi connectivity index (χ0n) is 13.8. The van der Waals surface area contributed by atoms with E-state index in [2.05, 4.69) is 20.2 Å². The summed E-state index contributed by atoms with van der Waals surface area (Å²) in [6.07, 6.45) is 3.92. The molecule has 2 unspecified atom stereocenters. The number of carbonyl (C=O) groups is 1. The van der Waals surface area contributed by atoms with E-state index < -0.39 is 0 Å². The van der Waals surface area contributed by atoms with Gasteiger partial charge in [-0.1, -0.05) is 0 Å². The van der Waals surface area contributed by atoms with Crippen LogP contribution < -0.4 is 5.32 Å². The van der Waals surface area contributed by atoms with Crippen LogP contribution in [0.25, 0.3) is 21.3 Å². The number of hydrogen-bond donors (Lipinski definition) is 1. The normalized spacial score (nSPS) is 19.7. The molecule has 1 aliphatic heterocycles.